The van der Waals surface area contributed by atoms with E-state index in [2.05, 4.69) is 42.0 Å². The van der Waals surface area contributed by atoms with E-state index >= 15 is 0 Å². The van der Waals surface area contributed by atoms with Crippen molar-refractivity contribution in [1.29, 1.82) is 0 Å². The molecule has 2 bridgehead atoms. The van der Waals surface area contributed by atoms with Crippen molar-refractivity contribution in [2.24, 2.45) is 16.7 Å². The predicted octanol–water partition coefficient (Wildman–Crippen LogP) is 4.98. The highest BCUT2D eigenvalue weighted by atomic mass is 79.9. The molecule has 1 aromatic rings. The van der Waals surface area contributed by atoms with Crippen molar-refractivity contribution < 1.29 is 4.92 Å². The normalized spacial score (nSPS) is 33.1. The number of benzene rings is 1. The summed E-state index contributed by atoms with van der Waals surface area (Å²) in [6.45, 7) is 6.91. The molecule has 114 valence electrons. The van der Waals surface area contributed by atoms with Crippen LogP contribution in [0.15, 0.2) is 22.7 Å². The monoisotopic (exact) mass is 352 g/mol. The van der Waals surface area contributed by atoms with Crippen molar-refractivity contribution in [1.82, 2.24) is 0 Å². The molecule has 3 rings (SSSR count). The van der Waals surface area contributed by atoms with E-state index in [0.717, 1.165) is 4.47 Å². The van der Waals surface area contributed by atoms with Crippen molar-refractivity contribution in [2.45, 2.75) is 46.1 Å². The smallest absolute Gasteiger partial charge is 0.292 e. The molecule has 21 heavy (non-hydrogen) atoms. The third-order valence-electron chi connectivity index (χ3n) is 5.72. The van der Waals surface area contributed by atoms with Gasteiger partial charge in [0.05, 0.1) is 4.92 Å². The minimum absolute atomic E-state index is 0.153. The zero-order valence-corrected chi connectivity index (χ0v) is 14.2. The number of halogens is 1. The van der Waals surface area contributed by atoms with E-state index < -0.39 is 0 Å². The third-order valence-corrected chi connectivity index (χ3v) is 6.22. The summed E-state index contributed by atoms with van der Waals surface area (Å²) in [6.07, 6.45) is 3.71. The van der Waals surface area contributed by atoms with Crippen LogP contribution in [0.5, 0.6) is 0 Å². The van der Waals surface area contributed by atoms with Crippen LogP contribution in [0.3, 0.4) is 0 Å². The molecule has 0 amide bonds. The summed E-state index contributed by atoms with van der Waals surface area (Å²) in [4.78, 5) is 10.9. The van der Waals surface area contributed by atoms with Crippen LogP contribution in [0.4, 0.5) is 11.4 Å². The largest absolute Gasteiger partial charge is 0.376 e. The Kier molecular flexibility index (Phi) is 3.32. The molecule has 0 aliphatic heterocycles. The number of nitro benzene ring substituents is 1. The first-order valence-corrected chi connectivity index (χ1v) is 8.24. The van der Waals surface area contributed by atoms with Gasteiger partial charge in [-0.2, -0.15) is 0 Å². The number of fused-ring (bicyclic) bond motifs is 2. The van der Waals surface area contributed by atoms with Crippen LogP contribution in [-0.2, 0) is 0 Å². The van der Waals surface area contributed by atoms with Crippen molar-refractivity contribution in [3.05, 3.63) is 32.8 Å². The first kappa shape index (κ1) is 14.8. The molecular formula is C16H21BrN2O2. The highest BCUT2D eigenvalue weighted by Gasteiger charge is 2.59. The maximum atomic E-state index is 11.3. The lowest BCUT2D eigenvalue weighted by Gasteiger charge is -2.43. The summed E-state index contributed by atoms with van der Waals surface area (Å²) < 4.78 is 0.863. The highest BCUT2D eigenvalue weighted by Crippen LogP contribution is 2.63. The van der Waals surface area contributed by atoms with E-state index in [1.165, 1.54) is 19.3 Å². The van der Waals surface area contributed by atoms with Crippen LogP contribution in [-0.4, -0.2) is 11.0 Å². The van der Waals surface area contributed by atoms with Gasteiger partial charge in [-0.05, 0) is 48.1 Å². The van der Waals surface area contributed by atoms with Gasteiger partial charge in [0.25, 0.3) is 5.69 Å². The second-order valence-electron chi connectivity index (χ2n) is 7.41. The fraction of sp³-hybridized carbons (Fsp3) is 0.625. The Balaban J connectivity index is 1.97. The minimum Gasteiger partial charge on any atom is -0.376 e. The molecule has 0 aromatic heterocycles. The standard InChI is InChI=1S/C16H21BrN2O2/c1-15(2)10-6-7-16(3,9-10)14(15)18-12-8-11(17)4-5-13(12)19(20)21/h4-5,8,10,14,18H,6-7,9H2,1-3H3. The molecule has 0 radical (unpaired) electrons. The van der Waals surface area contributed by atoms with E-state index in [1.807, 2.05) is 6.07 Å². The summed E-state index contributed by atoms with van der Waals surface area (Å²) in [7, 11) is 0. The molecule has 2 fully saturated rings. The topological polar surface area (TPSA) is 55.2 Å². The zero-order valence-electron chi connectivity index (χ0n) is 12.6. The van der Waals surface area contributed by atoms with Gasteiger partial charge in [0, 0.05) is 16.6 Å². The number of nitrogens with zero attached hydrogens (tertiary/aromatic N) is 1. The molecule has 1 aromatic carbocycles. The van der Waals surface area contributed by atoms with Crippen molar-refractivity contribution >= 4 is 27.3 Å². The third kappa shape index (κ3) is 2.26. The number of nitro groups is 1. The molecule has 2 aliphatic carbocycles. The van der Waals surface area contributed by atoms with Gasteiger partial charge in [0.15, 0.2) is 0 Å². The van der Waals surface area contributed by atoms with E-state index in [1.54, 1.807) is 12.1 Å². The lowest BCUT2D eigenvalue weighted by Crippen LogP contribution is -2.45. The van der Waals surface area contributed by atoms with Gasteiger partial charge in [-0.15, -0.1) is 0 Å². The summed E-state index contributed by atoms with van der Waals surface area (Å²) in [5.41, 5.74) is 1.19. The van der Waals surface area contributed by atoms with Crippen molar-refractivity contribution in [2.75, 3.05) is 5.32 Å². The molecule has 0 saturated heterocycles. The summed E-state index contributed by atoms with van der Waals surface area (Å²) >= 11 is 3.42. The SMILES string of the molecule is CC12CCC(C1)C(C)(C)C2Nc1cc(Br)ccc1[N+](=O)[O-]. The van der Waals surface area contributed by atoms with Gasteiger partial charge in [0.2, 0.25) is 0 Å². The molecule has 0 spiro atoms. The predicted molar refractivity (Wildman–Crippen MR) is 87.4 cm³/mol. The fourth-order valence-corrected chi connectivity index (χ4v) is 4.96. The maximum absolute atomic E-state index is 11.3. The first-order valence-electron chi connectivity index (χ1n) is 7.44. The number of hydrogen-bond donors (Lipinski definition) is 1. The van der Waals surface area contributed by atoms with Gasteiger partial charge in [-0.25, -0.2) is 0 Å². The summed E-state index contributed by atoms with van der Waals surface area (Å²) in [5, 5.41) is 14.8. The van der Waals surface area contributed by atoms with Crippen LogP contribution in [0.25, 0.3) is 0 Å². The first-order chi connectivity index (χ1) is 9.74. The Morgan fingerprint density at radius 3 is 2.67 bits per heavy atom. The molecule has 2 saturated carbocycles. The van der Waals surface area contributed by atoms with Crippen molar-refractivity contribution in [3.8, 4) is 0 Å². The second kappa shape index (κ2) is 4.70. The van der Waals surface area contributed by atoms with Crippen LogP contribution in [0.2, 0.25) is 0 Å². The van der Waals surface area contributed by atoms with E-state index in [9.17, 15) is 10.1 Å². The van der Waals surface area contributed by atoms with Gasteiger partial charge >= 0.3 is 0 Å². The lowest BCUT2D eigenvalue weighted by molar-refractivity contribution is -0.384. The number of hydrogen-bond acceptors (Lipinski definition) is 3. The maximum Gasteiger partial charge on any atom is 0.292 e. The van der Waals surface area contributed by atoms with Crippen LogP contribution < -0.4 is 5.32 Å². The Hall–Kier alpha value is -1.10. The van der Waals surface area contributed by atoms with Gasteiger partial charge in [-0.1, -0.05) is 36.7 Å². The highest BCUT2D eigenvalue weighted by molar-refractivity contribution is 9.10. The Morgan fingerprint density at radius 1 is 1.38 bits per heavy atom. The molecular weight excluding hydrogens is 332 g/mol. The Labute approximate surface area is 133 Å². The summed E-state index contributed by atoms with van der Waals surface area (Å²) in [6, 6.07) is 5.38. The minimum atomic E-state index is -0.308. The molecule has 3 atom stereocenters. The average Bonchev–Trinajstić information content (AvgIpc) is 2.85. The van der Waals surface area contributed by atoms with Crippen molar-refractivity contribution in [3.63, 3.8) is 0 Å². The molecule has 0 heterocycles. The number of rotatable bonds is 3. The van der Waals surface area contributed by atoms with Gasteiger partial charge in [0.1, 0.15) is 5.69 Å². The quantitative estimate of drug-likeness (QED) is 0.616. The van der Waals surface area contributed by atoms with E-state index in [0.29, 0.717) is 11.6 Å². The van der Waals surface area contributed by atoms with Gasteiger partial charge < -0.3 is 5.32 Å². The van der Waals surface area contributed by atoms with E-state index in [-0.39, 0.29) is 27.5 Å². The molecule has 5 heteroatoms. The van der Waals surface area contributed by atoms with Crippen LogP contribution in [0, 0.1) is 26.9 Å². The van der Waals surface area contributed by atoms with Gasteiger partial charge in [-0.3, -0.25) is 10.1 Å². The van der Waals surface area contributed by atoms with Crippen LogP contribution in [0.1, 0.15) is 40.0 Å². The molecule has 2 aliphatic rings. The van der Waals surface area contributed by atoms with Crippen LogP contribution >= 0.6 is 15.9 Å². The summed E-state index contributed by atoms with van der Waals surface area (Å²) in [5.74, 6) is 0.714. The Morgan fingerprint density at radius 2 is 2.10 bits per heavy atom. The lowest BCUT2D eigenvalue weighted by atomic mass is 9.68. The van der Waals surface area contributed by atoms with E-state index in [4.69, 9.17) is 0 Å². The zero-order chi connectivity index (χ0) is 15.4. The Bertz CT molecular complexity index is 597. The molecule has 1 N–H and O–H groups in total. The second-order valence-corrected chi connectivity index (χ2v) is 8.33. The fourth-order valence-electron chi connectivity index (χ4n) is 4.60. The average molecular weight is 353 g/mol. The molecule has 3 unspecified atom stereocenters. The number of nitrogens with one attached hydrogen (secondary N) is 1. The number of anilines is 1. The molecule has 4 nitrogen and oxygen atoms in total.